The average molecular weight is 508 g/mol. The van der Waals surface area contributed by atoms with Crippen molar-refractivity contribution in [2.45, 2.75) is 44.9 Å². The molecule has 0 radical (unpaired) electrons. The molecule has 0 saturated heterocycles. The fourth-order valence-electron chi connectivity index (χ4n) is 4.55. The summed E-state index contributed by atoms with van der Waals surface area (Å²) in [5.41, 5.74) is 4.67. The maximum Gasteiger partial charge on any atom is 0.275 e. The van der Waals surface area contributed by atoms with E-state index < -0.39 is 0 Å². The number of carbonyl (C=O) groups is 1. The topological polar surface area (TPSA) is 63.2 Å². The lowest BCUT2D eigenvalue weighted by Crippen LogP contribution is -2.33. The maximum absolute atomic E-state index is 13.1. The molecule has 0 unspecified atom stereocenters. The predicted molar refractivity (Wildman–Crippen MR) is 148 cm³/mol. The van der Waals surface area contributed by atoms with Crippen LogP contribution < -0.4 is 10.6 Å². The van der Waals surface area contributed by atoms with E-state index >= 15 is 0 Å². The number of para-hydroxylation sites is 1. The number of rotatable bonds is 9. The van der Waals surface area contributed by atoms with E-state index in [0.717, 1.165) is 65.5 Å². The summed E-state index contributed by atoms with van der Waals surface area (Å²) in [5.74, 6) is 0.648. The minimum Gasteiger partial charge on any atom is -0.383 e. The van der Waals surface area contributed by atoms with Crippen LogP contribution in [0.25, 0.3) is 11.1 Å². The molecule has 7 heteroatoms. The van der Waals surface area contributed by atoms with Gasteiger partial charge in [-0.3, -0.25) is 4.79 Å². The van der Waals surface area contributed by atoms with Crippen molar-refractivity contribution in [2.24, 2.45) is 5.92 Å². The second-order valence-corrected chi connectivity index (χ2v) is 10.3. The smallest absolute Gasteiger partial charge is 0.275 e. The molecular formula is C28H33N3O2S2. The molecule has 5 nitrogen and oxygen atoms in total. The van der Waals surface area contributed by atoms with Gasteiger partial charge in [-0.25, -0.2) is 4.98 Å². The molecule has 1 saturated carbocycles. The van der Waals surface area contributed by atoms with Gasteiger partial charge in [-0.1, -0.05) is 61.6 Å². The van der Waals surface area contributed by atoms with Crippen molar-refractivity contribution >= 4 is 40.1 Å². The molecule has 1 aliphatic carbocycles. The van der Waals surface area contributed by atoms with Crippen LogP contribution in [0.4, 0.5) is 5.69 Å². The average Bonchev–Trinajstić information content (AvgIpc) is 3.40. The molecule has 0 atom stereocenters. The number of ether oxygens (including phenoxy) is 1. The maximum atomic E-state index is 13.1. The first kappa shape index (κ1) is 25.5. The van der Waals surface area contributed by atoms with Crippen molar-refractivity contribution in [3.63, 3.8) is 0 Å². The molecule has 1 fully saturated rings. The van der Waals surface area contributed by atoms with Gasteiger partial charge in [0.15, 0.2) is 0 Å². The minimum atomic E-state index is -0.165. The quantitative estimate of drug-likeness (QED) is 0.257. The number of thiazole rings is 1. The first-order chi connectivity index (χ1) is 17.1. The summed E-state index contributed by atoms with van der Waals surface area (Å²) in [6.45, 7) is 3.57. The van der Waals surface area contributed by atoms with Crippen LogP contribution in [0, 0.1) is 5.92 Å². The highest BCUT2D eigenvalue weighted by atomic mass is 32.1. The lowest BCUT2D eigenvalue weighted by Gasteiger charge is -2.28. The lowest BCUT2D eigenvalue weighted by molar-refractivity contribution is 0.102. The van der Waals surface area contributed by atoms with Crippen LogP contribution in [-0.2, 0) is 11.2 Å². The van der Waals surface area contributed by atoms with E-state index in [1.165, 1.54) is 5.56 Å². The summed E-state index contributed by atoms with van der Waals surface area (Å²) in [5, 5.41) is 9.33. The molecule has 35 heavy (non-hydrogen) atoms. The van der Waals surface area contributed by atoms with E-state index in [0.29, 0.717) is 24.1 Å². The van der Waals surface area contributed by atoms with E-state index in [1.807, 2.05) is 29.6 Å². The van der Waals surface area contributed by atoms with Crippen LogP contribution in [0.5, 0.6) is 0 Å². The number of nitrogens with zero attached hydrogens (tertiary/aromatic N) is 1. The highest BCUT2D eigenvalue weighted by Crippen LogP contribution is 2.37. The molecule has 3 aromatic rings. The van der Waals surface area contributed by atoms with Crippen LogP contribution in [0.15, 0.2) is 53.9 Å². The Hall–Kier alpha value is -2.61. The largest absolute Gasteiger partial charge is 0.383 e. The third-order valence-electron chi connectivity index (χ3n) is 6.66. The van der Waals surface area contributed by atoms with Crippen molar-refractivity contribution in [1.82, 2.24) is 10.3 Å². The zero-order chi connectivity index (χ0) is 24.6. The third-order valence-corrected chi connectivity index (χ3v) is 8.14. The van der Waals surface area contributed by atoms with Crippen molar-refractivity contribution in [3.05, 3.63) is 70.2 Å². The minimum absolute atomic E-state index is 0.165. The van der Waals surface area contributed by atoms with Crippen molar-refractivity contribution in [1.29, 1.82) is 0 Å². The Labute approximate surface area is 217 Å². The van der Waals surface area contributed by atoms with Gasteiger partial charge >= 0.3 is 0 Å². The number of amides is 1. The Balaban J connectivity index is 1.37. The SMILES string of the molecule is CCc1ccc(-c2ccccc2NC(=O)c2csc(C3CCC(C(=S)NCCOC)CC3)n2)cc1. The number of nitrogens with one attached hydrogen (secondary N) is 2. The summed E-state index contributed by atoms with van der Waals surface area (Å²) in [7, 11) is 1.70. The van der Waals surface area contributed by atoms with Gasteiger partial charge in [0.1, 0.15) is 5.69 Å². The molecule has 4 rings (SSSR count). The van der Waals surface area contributed by atoms with E-state index in [-0.39, 0.29) is 5.91 Å². The monoisotopic (exact) mass is 507 g/mol. The summed E-state index contributed by atoms with van der Waals surface area (Å²) < 4.78 is 5.09. The number of thiocarbonyl (C=S) groups is 1. The Morgan fingerprint density at radius 2 is 1.86 bits per heavy atom. The summed E-state index contributed by atoms with van der Waals surface area (Å²) in [6.07, 6.45) is 5.19. The Morgan fingerprint density at radius 1 is 1.11 bits per heavy atom. The summed E-state index contributed by atoms with van der Waals surface area (Å²) in [4.78, 5) is 18.7. The van der Waals surface area contributed by atoms with Gasteiger partial charge in [0.25, 0.3) is 5.91 Å². The number of aryl methyl sites for hydroxylation is 1. The van der Waals surface area contributed by atoms with Crippen molar-refractivity contribution in [2.75, 3.05) is 25.6 Å². The van der Waals surface area contributed by atoms with Gasteiger partial charge in [0.2, 0.25) is 0 Å². The molecule has 184 valence electrons. The Bertz CT molecular complexity index is 1140. The van der Waals surface area contributed by atoms with Gasteiger partial charge in [0.05, 0.1) is 16.6 Å². The number of hydrogen-bond donors (Lipinski definition) is 2. The van der Waals surface area contributed by atoms with E-state index in [1.54, 1.807) is 18.4 Å². The number of aromatic nitrogens is 1. The molecule has 1 amide bonds. The normalized spacial score (nSPS) is 17.7. The highest BCUT2D eigenvalue weighted by Gasteiger charge is 2.27. The predicted octanol–water partition coefficient (Wildman–Crippen LogP) is 6.46. The fraction of sp³-hybridized carbons (Fsp3) is 0.393. The van der Waals surface area contributed by atoms with Crippen molar-refractivity contribution in [3.8, 4) is 11.1 Å². The lowest BCUT2D eigenvalue weighted by atomic mass is 9.82. The van der Waals surface area contributed by atoms with Gasteiger partial charge in [0, 0.05) is 42.1 Å². The first-order valence-electron chi connectivity index (χ1n) is 12.3. The van der Waals surface area contributed by atoms with Gasteiger partial charge in [-0.05, 0) is 49.3 Å². The number of hydrogen-bond acceptors (Lipinski definition) is 5. The molecular weight excluding hydrogens is 474 g/mol. The molecule has 1 aliphatic rings. The van der Waals surface area contributed by atoms with Crippen LogP contribution in [0.2, 0.25) is 0 Å². The third kappa shape index (κ3) is 6.54. The summed E-state index contributed by atoms with van der Waals surface area (Å²) in [6, 6.07) is 16.4. The molecule has 2 aromatic carbocycles. The molecule has 2 N–H and O–H groups in total. The molecule has 0 aliphatic heterocycles. The van der Waals surface area contributed by atoms with Gasteiger partial charge in [-0.15, -0.1) is 11.3 Å². The molecule has 1 aromatic heterocycles. The zero-order valence-corrected chi connectivity index (χ0v) is 22.0. The van der Waals surface area contributed by atoms with E-state index in [9.17, 15) is 4.79 Å². The second kappa shape index (κ2) is 12.4. The van der Waals surface area contributed by atoms with E-state index in [2.05, 4.69) is 41.8 Å². The van der Waals surface area contributed by atoms with Crippen LogP contribution >= 0.6 is 23.6 Å². The summed E-state index contributed by atoms with van der Waals surface area (Å²) >= 11 is 7.16. The Kier molecular flexibility index (Phi) is 9.01. The van der Waals surface area contributed by atoms with Crippen LogP contribution in [0.1, 0.15) is 59.6 Å². The van der Waals surface area contributed by atoms with E-state index in [4.69, 9.17) is 21.9 Å². The van der Waals surface area contributed by atoms with Crippen LogP contribution in [-0.4, -0.2) is 36.1 Å². The molecule has 0 spiro atoms. The Morgan fingerprint density at radius 3 is 2.57 bits per heavy atom. The standard InChI is InChI=1S/C28H33N3O2S2/c1-3-19-8-10-20(11-9-19)23-6-4-5-7-24(23)30-26(32)25-18-35-28(31-25)22-14-12-21(13-15-22)27(34)29-16-17-33-2/h4-11,18,21-22H,3,12-17H2,1-2H3,(H,29,34)(H,30,32). The highest BCUT2D eigenvalue weighted by molar-refractivity contribution is 7.80. The first-order valence-corrected chi connectivity index (χ1v) is 13.6. The number of anilines is 1. The number of methoxy groups -OCH3 is 1. The molecule has 0 bridgehead atoms. The van der Waals surface area contributed by atoms with Gasteiger partial charge < -0.3 is 15.4 Å². The second-order valence-electron chi connectivity index (χ2n) is 8.95. The molecule has 1 heterocycles. The number of carbonyl (C=O) groups excluding carboxylic acids is 1. The van der Waals surface area contributed by atoms with Crippen LogP contribution in [0.3, 0.4) is 0 Å². The zero-order valence-electron chi connectivity index (χ0n) is 20.4. The fourth-order valence-corrected chi connectivity index (χ4v) is 5.86. The van der Waals surface area contributed by atoms with Gasteiger partial charge in [-0.2, -0.15) is 0 Å². The van der Waals surface area contributed by atoms with Crippen molar-refractivity contribution < 1.29 is 9.53 Å². The number of benzene rings is 2.